The Labute approximate surface area is 208 Å². The van der Waals surface area contributed by atoms with Gasteiger partial charge in [-0.25, -0.2) is 18.7 Å². The normalized spacial score (nSPS) is 17.2. The van der Waals surface area contributed by atoms with E-state index in [1.54, 1.807) is 33.9 Å². The fourth-order valence-electron chi connectivity index (χ4n) is 5.04. The Hall–Kier alpha value is -3.59. The van der Waals surface area contributed by atoms with Crippen molar-refractivity contribution in [1.29, 1.82) is 0 Å². The molecular weight excluding hydrogens is 457 g/mol. The molecule has 0 atom stereocenters. The first kappa shape index (κ1) is 22.8. The summed E-state index contributed by atoms with van der Waals surface area (Å²) >= 11 is 0. The summed E-state index contributed by atoms with van der Waals surface area (Å²) in [6, 6.07) is 9.88. The van der Waals surface area contributed by atoms with Gasteiger partial charge in [-0.2, -0.15) is 4.98 Å². The van der Waals surface area contributed by atoms with Gasteiger partial charge in [0.05, 0.1) is 17.4 Å². The summed E-state index contributed by atoms with van der Waals surface area (Å²) in [5.74, 6) is 0.396. The van der Waals surface area contributed by atoms with E-state index in [1.165, 1.54) is 25.0 Å². The highest BCUT2D eigenvalue weighted by Crippen LogP contribution is 2.36. The van der Waals surface area contributed by atoms with E-state index >= 15 is 0 Å². The molecule has 2 aliphatic rings. The van der Waals surface area contributed by atoms with Gasteiger partial charge in [-0.05, 0) is 62.1 Å². The zero-order valence-electron chi connectivity index (χ0n) is 21.0. The molecule has 0 amide bonds. The van der Waals surface area contributed by atoms with Crippen LogP contribution < -0.4 is 16.2 Å². The molecule has 0 spiro atoms. The number of nitrogens with one attached hydrogen (secondary N) is 2. The SMILES string of the molecule is CC(C)(F)c1cc(-n2c3nc(Nc4ccc5c(c4)CNCC5(C)C)ncc3c(=O)n2C2CC2)ccn1. The molecule has 186 valence electrons. The molecule has 1 aliphatic carbocycles. The number of fused-ring (bicyclic) bond motifs is 2. The van der Waals surface area contributed by atoms with Crippen LogP contribution in [0.2, 0.25) is 0 Å². The van der Waals surface area contributed by atoms with Crippen LogP contribution in [0.25, 0.3) is 16.7 Å². The summed E-state index contributed by atoms with van der Waals surface area (Å²) in [7, 11) is 0. The van der Waals surface area contributed by atoms with Crippen molar-refractivity contribution in [3.63, 3.8) is 0 Å². The van der Waals surface area contributed by atoms with E-state index in [0.717, 1.165) is 31.6 Å². The first-order chi connectivity index (χ1) is 17.1. The van der Waals surface area contributed by atoms with Crippen LogP contribution >= 0.6 is 0 Å². The number of halogens is 1. The lowest BCUT2D eigenvalue weighted by molar-refractivity contribution is 0.214. The Morgan fingerprint density at radius 1 is 1.17 bits per heavy atom. The Kier molecular flexibility index (Phi) is 5.05. The van der Waals surface area contributed by atoms with Crippen LogP contribution in [-0.4, -0.2) is 30.9 Å². The van der Waals surface area contributed by atoms with Gasteiger partial charge in [-0.3, -0.25) is 9.78 Å². The quantitative estimate of drug-likeness (QED) is 0.426. The maximum atomic E-state index is 14.7. The molecule has 1 aromatic carbocycles. The minimum Gasteiger partial charge on any atom is -0.324 e. The van der Waals surface area contributed by atoms with Crippen molar-refractivity contribution >= 4 is 22.7 Å². The number of hydrogen-bond donors (Lipinski definition) is 2. The van der Waals surface area contributed by atoms with Gasteiger partial charge in [0.1, 0.15) is 11.1 Å². The summed E-state index contributed by atoms with van der Waals surface area (Å²) in [5, 5.41) is 7.23. The zero-order chi connectivity index (χ0) is 25.2. The molecule has 36 heavy (non-hydrogen) atoms. The lowest BCUT2D eigenvalue weighted by Crippen LogP contribution is -2.38. The molecular formula is C27H30FN7O. The lowest BCUT2D eigenvalue weighted by atomic mass is 9.79. The first-order valence-corrected chi connectivity index (χ1v) is 12.4. The third-order valence-corrected chi connectivity index (χ3v) is 7.09. The van der Waals surface area contributed by atoms with Gasteiger partial charge in [0.15, 0.2) is 5.65 Å². The maximum Gasteiger partial charge on any atom is 0.278 e. The van der Waals surface area contributed by atoms with Crippen LogP contribution in [0.4, 0.5) is 16.0 Å². The minimum atomic E-state index is -1.61. The largest absolute Gasteiger partial charge is 0.324 e. The molecule has 3 aromatic heterocycles. The van der Waals surface area contributed by atoms with Gasteiger partial charge < -0.3 is 10.6 Å². The standard InChI is InChI=1S/C27H30FN7O/c1-26(2)15-29-13-16-11-17(5-8-21(16)26)32-25-31-14-20-23(33-25)34(35(24(20)36)18-6-7-18)19-9-10-30-22(12-19)27(3,4)28/h5,8-12,14,18,29H,6-7,13,15H2,1-4H3,(H,31,32,33). The number of benzene rings is 1. The highest BCUT2D eigenvalue weighted by Gasteiger charge is 2.32. The van der Waals surface area contributed by atoms with Crippen molar-refractivity contribution in [2.24, 2.45) is 0 Å². The second-order valence-electron chi connectivity index (χ2n) is 11.0. The predicted octanol–water partition coefficient (Wildman–Crippen LogP) is 4.64. The minimum absolute atomic E-state index is 0.0703. The van der Waals surface area contributed by atoms with Crippen molar-refractivity contribution in [2.75, 3.05) is 11.9 Å². The fraction of sp³-hybridized carbons (Fsp3) is 0.407. The van der Waals surface area contributed by atoms with E-state index < -0.39 is 5.67 Å². The number of alkyl halides is 1. The van der Waals surface area contributed by atoms with E-state index in [9.17, 15) is 9.18 Å². The molecule has 0 bridgehead atoms. The topological polar surface area (TPSA) is 89.7 Å². The highest BCUT2D eigenvalue weighted by molar-refractivity contribution is 5.77. The van der Waals surface area contributed by atoms with Crippen molar-refractivity contribution in [3.8, 4) is 5.69 Å². The van der Waals surface area contributed by atoms with Gasteiger partial charge in [0, 0.05) is 36.6 Å². The molecule has 6 rings (SSSR count). The van der Waals surface area contributed by atoms with Crippen molar-refractivity contribution in [2.45, 2.75) is 64.2 Å². The smallest absolute Gasteiger partial charge is 0.278 e. The van der Waals surface area contributed by atoms with Crippen LogP contribution in [0.3, 0.4) is 0 Å². The van der Waals surface area contributed by atoms with Crippen LogP contribution in [0.5, 0.6) is 0 Å². The predicted molar refractivity (Wildman–Crippen MR) is 138 cm³/mol. The summed E-state index contributed by atoms with van der Waals surface area (Å²) < 4.78 is 18.2. The number of rotatable bonds is 5. The molecule has 1 aliphatic heterocycles. The summed E-state index contributed by atoms with van der Waals surface area (Å²) in [6.07, 6.45) is 4.98. The lowest BCUT2D eigenvalue weighted by Gasteiger charge is -2.33. The molecule has 8 nitrogen and oxygen atoms in total. The summed E-state index contributed by atoms with van der Waals surface area (Å²) in [6.45, 7) is 9.17. The first-order valence-electron chi connectivity index (χ1n) is 12.4. The number of aromatic nitrogens is 5. The number of nitrogens with zero attached hydrogens (tertiary/aromatic N) is 5. The molecule has 0 unspecified atom stereocenters. The molecule has 9 heteroatoms. The van der Waals surface area contributed by atoms with Gasteiger partial charge in [0.25, 0.3) is 5.56 Å². The molecule has 4 aromatic rings. The van der Waals surface area contributed by atoms with Crippen molar-refractivity contribution in [1.82, 2.24) is 29.6 Å². The number of hydrogen-bond acceptors (Lipinski definition) is 6. The Balaban J connectivity index is 1.45. The van der Waals surface area contributed by atoms with Crippen molar-refractivity contribution < 1.29 is 4.39 Å². The molecule has 0 radical (unpaired) electrons. The van der Waals surface area contributed by atoms with Gasteiger partial charge in [-0.15, -0.1) is 0 Å². The molecule has 1 fully saturated rings. The third kappa shape index (κ3) is 3.87. The van der Waals surface area contributed by atoms with Gasteiger partial charge in [0.2, 0.25) is 5.95 Å². The zero-order valence-corrected chi connectivity index (χ0v) is 21.0. The van der Waals surface area contributed by atoms with E-state index in [2.05, 4.69) is 46.6 Å². The van der Waals surface area contributed by atoms with E-state index in [4.69, 9.17) is 4.98 Å². The maximum absolute atomic E-state index is 14.7. The second kappa shape index (κ2) is 7.96. The van der Waals surface area contributed by atoms with E-state index in [0.29, 0.717) is 28.4 Å². The van der Waals surface area contributed by atoms with E-state index in [-0.39, 0.29) is 17.0 Å². The average molecular weight is 488 g/mol. The monoisotopic (exact) mass is 487 g/mol. The Bertz CT molecular complexity index is 1540. The average Bonchev–Trinajstić information content (AvgIpc) is 3.62. The molecule has 1 saturated carbocycles. The van der Waals surface area contributed by atoms with Crippen LogP contribution in [0.1, 0.15) is 63.4 Å². The number of pyridine rings is 1. The van der Waals surface area contributed by atoms with Crippen molar-refractivity contribution in [3.05, 3.63) is 69.9 Å². The highest BCUT2D eigenvalue weighted by atomic mass is 19.1. The van der Waals surface area contributed by atoms with Crippen LogP contribution in [0, 0.1) is 0 Å². The summed E-state index contributed by atoms with van der Waals surface area (Å²) in [5.41, 5.74) is 3.22. The van der Waals surface area contributed by atoms with Crippen LogP contribution in [0.15, 0.2) is 47.5 Å². The van der Waals surface area contributed by atoms with Gasteiger partial charge in [-0.1, -0.05) is 19.9 Å². The third-order valence-electron chi connectivity index (χ3n) is 7.09. The van der Waals surface area contributed by atoms with Crippen LogP contribution in [-0.2, 0) is 17.6 Å². The summed E-state index contributed by atoms with van der Waals surface area (Å²) in [4.78, 5) is 26.7. The molecule has 2 N–H and O–H groups in total. The fourth-order valence-corrected chi connectivity index (χ4v) is 5.04. The Morgan fingerprint density at radius 2 is 1.97 bits per heavy atom. The van der Waals surface area contributed by atoms with E-state index in [1.807, 2.05) is 6.07 Å². The number of anilines is 2. The Morgan fingerprint density at radius 3 is 2.72 bits per heavy atom. The second-order valence-corrected chi connectivity index (χ2v) is 11.0. The van der Waals surface area contributed by atoms with Gasteiger partial charge >= 0.3 is 0 Å². The molecule has 4 heterocycles. The molecule has 0 saturated heterocycles.